The Morgan fingerprint density at radius 2 is 1.35 bits per heavy atom. The number of carbonyl (C=O) groups is 6. The molecule has 2 aromatic rings. The van der Waals surface area contributed by atoms with Gasteiger partial charge in [-0.25, -0.2) is 13.9 Å². The molecule has 3 unspecified atom stereocenters. The van der Waals surface area contributed by atoms with Crippen molar-refractivity contribution in [1.29, 1.82) is 0 Å². The Kier molecular flexibility index (Phi) is 17.8. The molecule has 1 aromatic carbocycles. The van der Waals surface area contributed by atoms with Gasteiger partial charge in [-0.05, 0) is 57.2 Å². The highest BCUT2D eigenvalue weighted by molar-refractivity contribution is 5.97. The fraction of sp³-hybridized carbons (Fsp3) is 0.533. The number of hydrogen-bond donors (Lipinski definition) is 8. The van der Waals surface area contributed by atoms with E-state index in [9.17, 15) is 38.3 Å². The lowest BCUT2D eigenvalue weighted by molar-refractivity contribution is -0.142. The number of aryl methyl sites for hydroxylation is 1. The van der Waals surface area contributed by atoms with Gasteiger partial charge < -0.3 is 43.2 Å². The first-order chi connectivity index (χ1) is 23.1. The number of nitrogens with zero attached hydrogens (tertiary/aromatic N) is 3. The molecule has 0 saturated heterocycles. The summed E-state index contributed by atoms with van der Waals surface area (Å²) in [6.07, 6.45) is 3.81. The normalized spacial score (nSPS) is 12.6. The summed E-state index contributed by atoms with van der Waals surface area (Å²) in [5, 5.41) is 29.1. The van der Waals surface area contributed by atoms with Crippen LogP contribution in [0.25, 0.3) is 0 Å². The molecule has 0 spiro atoms. The monoisotopic (exact) mass is 676 g/mol. The van der Waals surface area contributed by atoms with Gasteiger partial charge in [0.2, 0.25) is 23.6 Å². The highest BCUT2D eigenvalue weighted by Crippen LogP contribution is 2.06. The molecule has 1 heterocycles. The average molecular weight is 677 g/mol. The summed E-state index contributed by atoms with van der Waals surface area (Å²) < 4.78 is 13.7. The fourth-order valence-electron chi connectivity index (χ4n) is 4.47. The summed E-state index contributed by atoms with van der Waals surface area (Å²) >= 11 is 0. The van der Waals surface area contributed by atoms with E-state index in [1.807, 2.05) is 0 Å². The van der Waals surface area contributed by atoms with Crippen molar-refractivity contribution in [2.45, 2.75) is 69.6 Å². The molecule has 17 nitrogen and oxygen atoms in total. The summed E-state index contributed by atoms with van der Waals surface area (Å²) in [4.78, 5) is 75.6. The van der Waals surface area contributed by atoms with Gasteiger partial charge in [-0.1, -0.05) is 35.5 Å². The number of rotatable bonds is 23. The SMILES string of the molecule is NCCCCC(NC(=O)CNC(=O)C(Cc1ccccc1)NC(=O)CNC(=O)C(CCCCN)NC(=O)c1cn(CCF)nn1)C(=O)O. The lowest BCUT2D eigenvalue weighted by atomic mass is 10.1. The third-order valence-corrected chi connectivity index (χ3v) is 7.01. The van der Waals surface area contributed by atoms with Crippen LogP contribution in [0.4, 0.5) is 4.39 Å². The number of aliphatic carboxylic acids is 1. The van der Waals surface area contributed by atoms with Gasteiger partial charge >= 0.3 is 5.97 Å². The van der Waals surface area contributed by atoms with Crippen molar-refractivity contribution < 1.29 is 38.3 Å². The minimum Gasteiger partial charge on any atom is -0.480 e. The summed E-state index contributed by atoms with van der Waals surface area (Å²) in [6, 6.07) is 5.39. The van der Waals surface area contributed by atoms with Crippen LogP contribution in [0.3, 0.4) is 0 Å². The van der Waals surface area contributed by atoms with Crippen LogP contribution >= 0.6 is 0 Å². The van der Waals surface area contributed by atoms with Gasteiger partial charge in [-0.2, -0.15) is 0 Å². The van der Waals surface area contributed by atoms with Crippen LogP contribution in [-0.4, -0.2) is 107 Å². The number of halogens is 1. The van der Waals surface area contributed by atoms with Gasteiger partial charge in [0.05, 0.1) is 25.8 Å². The first-order valence-corrected chi connectivity index (χ1v) is 15.7. The zero-order valence-electron chi connectivity index (χ0n) is 26.7. The number of benzene rings is 1. The molecule has 3 atom stereocenters. The Hall–Kier alpha value is -4.97. The first kappa shape index (κ1) is 39.2. The molecule has 1 aromatic heterocycles. The van der Waals surface area contributed by atoms with Crippen LogP contribution in [0.1, 0.15) is 54.6 Å². The zero-order chi connectivity index (χ0) is 35.3. The zero-order valence-corrected chi connectivity index (χ0v) is 26.7. The minimum absolute atomic E-state index is 0.0473. The minimum atomic E-state index is -1.22. The molecular weight excluding hydrogens is 631 g/mol. The Morgan fingerprint density at radius 1 is 0.792 bits per heavy atom. The number of alkyl halides is 1. The molecule has 10 N–H and O–H groups in total. The summed E-state index contributed by atoms with van der Waals surface area (Å²) in [5.41, 5.74) is 11.6. The van der Waals surface area contributed by atoms with Gasteiger partial charge in [0, 0.05) is 6.42 Å². The number of carboxylic acids is 1. The standard InChI is InChI=1S/C30H45FN10O7/c31-12-15-41-19-24(39-40-41)29(46)38-21(10-4-6-13-32)27(44)34-18-26(43)37-23(16-20-8-2-1-3-9-20)28(45)35-17-25(42)36-22(30(47)48)11-5-7-14-33/h1-3,8-9,19,21-23H,4-7,10-18,32-33H2,(H,34,44)(H,35,45)(H,36,42)(H,37,43)(H,38,46)(H,47,48). The largest absolute Gasteiger partial charge is 0.480 e. The number of nitrogens with one attached hydrogen (secondary N) is 5. The Labute approximate surface area is 277 Å². The molecule has 0 radical (unpaired) electrons. The summed E-state index contributed by atoms with van der Waals surface area (Å²) in [7, 11) is 0. The molecule has 0 aliphatic heterocycles. The van der Waals surface area contributed by atoms with Crippen LogP contribution in [0.15, 0.2) is 36.5 Å². The molecule has 0 aliphatic rings. The summed E-state index contributed by atoms with van der Waals surface area (Å²) in [5.74, 6) is -4.77. The van der Waals surface area contributed by atoms with Crippen LogP contribution < -0.4 is 38.1 Å². The second-order valence-corrected chi connectivity index (χ2v) is 10.9. The number of nitrogens with two attached hydrogens (primary N) is 2. The van der Waals surface area contributed by atoms with E-state index in [1.165, 1.54) is 6.20 Å². The molecule has 48 heavy (non-hydrogen) atoms. The second-order valence-electron chi connectivity index (χ2n) is 10.9. The molecule has 0 fully saturated rings. The Balaban J connectivity index is 2.02. The van der Waals surface area contributed by atoms with Crippen molar-refractivity contribution >= 4 is 35.5 Å². The van der Waals surface area contributed by atoms with E-state index in [-0.39, 0.29) is 31.5 Å². The maximum absolute atomic E-state index is 13.1. The van der Waals surface area contributed by atoms with Crippen molar-refractivity contribution in [3.63, 3.8) is 0 Å². The molecule has 2 rings (SSSR count). The van der Waals surface area contributed by atoms with E-state index in [2.05, 4.69) is 36.9 Å². The van der Waals surface area contributed by atoms with Crippen molar-refractivity contribution in [2.24, 2.45) is 11.5 Å². The molecule has 5 amide bonds. The smallest absolute Gasteiger partial charge is 0.326 e. The lowest BCUT2D eigenvalue weighted by Gasteiger charge is -2.21. The second kappa shape index (κ2) is 21.8. The molecule has 0 bridgehead atoms. The maximum Gasteiger partial charge on any atom is 0.326 e. The van der Waals surface area contributed by atoms with E-state index < -0.39 is 73.4 Å². The highest BCUT2D eigenvalue weighted by Gasteiger charge is 2.26. The third-order valence-electron chi connectivity index (χ3n) is 7.01. The van der Waals surface area contributed by atoms with Crippen LogP contribution in [-0.2, 0) is 36.9 Å². The van der Waals surface area contributed by atoms with Gasteiger partial charge in [0.1, 0.15) is 24.8 Å². The van der Waals surface area contributed by atoms with Gasteiger partial charge in [0.15, 0.2) is 5.69 Å². The van der Waals surface area contributed by atoms with Crippen molar-refractivity contribution in [2.75, 3.05) is 32.9 Å². The predicted octanol–water partition coefficient (Wildman–Crippen LogP) is -1.87. The van der Waals surface area contributed by atoms with Crippen molar-refractivity contribution in [3.8, 4) is 0 Å². The van der Waals surface area contributed by atoms with E-state index in [4.69, 9.17) is 11.5 Å². The van der Waals surface area contributed by atoms with Gasteiger partial charge in [-0.3, -0.25) is 24.0 Å². The van der Waals surface area contributed by atoms with Crippen LogP contribution in [0.2, 0.25) is 0 Å². The predicted molar refractivity (Wildman–Crippen MR) is 171 cm³/mol. The fourth-order valence-corrected chi connectivity index (χ4v) is 4.47. The number of carbonyl (C=O) groups excluding carboxylic acids is 5. The van der Waals surface area contributed by atoms with Gasteiger partial charge in [-0.15, -0.1) is 5.10 Å². The average Bonchev–Trinajstić information content (AvgIpc) is 3.54. The lowest BCUT2D eigenvalue weighted by Crippen LogP contribution is -2.54. The molecule has 0 aliphatic carbocycles. The van der Waals surface area contributed by atoms with Crippen LogP contribution in [0, 0.1) is 0 Å². The quantitative estimate of drug-likeness (QED) is 0.0605. The van der Waals surface area contributed by atoms with Crippen molar-refractivity contribution in [1.82, 2.24) is 41.6 Å². The van der Waals surface area contributed by atoms with Crippen LogP contribution in [0.5, 0.6) is 0 Å². The maximum atomic E-state index is 13.1. The molecule has 18 heteroatoms. The van der Waals surface area contributed by atoms with E-state index in [0.29, 0.717) is 44.3 Å². The number of unbranched alkanes of at least 4 members (excludes halogenated alkanes) is 2. The molecular formula is C30H45FN10O7. The molecule has 0 saturated carbocycles. The Bertz CT molecular complexity index is 1340. The number of carboxylic acid groups (broad SMARTS) is 1. The van der Waals surface area contributed by atoms with Gasteiger partial charge in [0.25, 0.3) is 5.91 Å². The van der Waals surface area contributed by atoms with E-state index >= 15 is 0 Å². The van der Waals surface area contributed by atoms with E-state index in [0.717, 1.165) is 4.68 Å². The van der Waals surface area contributed by atoms with Crippen molar-refractivity contribution in [3.05, 3.63) is 47.8 Å². The topological polar surface area (TPSA) is 266 Å². The number of hydrogen-bond acceptors (Lipinski definition) is 10. The number of aromatic nitrogens is 3. The molecule has 264 valence electrons. The van der Waals surface area contributed by atoms with E-state index in [1.54, 1.807) is 30.3 Å². The first-order valence-electron chi connectivity index (χ1n) is 15.7. The summed E-state index contributed by atoms with van der Waals surface area (Å²) in [6.45, 7) is -1.13. The number of amides is 5. The third kappa shape index (κ3) is 14.6. The highest BCUT2D eigenvalue weighted by atomic mass is 19.1. The Morgan fingerprint density at radius 3 is 1.92 bits per heavy atom.